The van der Waals surface area contributed by atoms with Crippen LogP contribution in [0.3, 0.4) is 0 Å². The fourth-order valence-corrected chi connectivity index (χ4v) is 4.64. The van der Waals surface area contributed by atoms with Crippen molar-refractivity contribution in [1.82, 2.24) is 14.8 Å². The van der Waals surface area contributed by atoms with Crippen LogP contribution in [-0.4, -0.2) is 33.1 Å². The molecule has 2 heterocycles. The van der Waals surface area contributed by atoms with E-state index in [0.29, 0.717) is 38.7 Å². The van der Waals surface area contributed by atoms with Crippen LogP contribution in [0.2, 0.25) is 5.02 Å². The predicted octanol–water partition coefficient (Wildman–Crippen LogP) is 6.00. The molecule has 0 amide bonds. The molecule has 4 rings (SSSR count). The first-order valence-corrected chi connectivity index (χ1v) is 12.7. The smallest absolute Gasteiger partial charge is 0.338 e. The molecule has 10 heteroatoms. The van der Waals surface area contributed by atoms with E-state index < -0.39 is 17.8 Å². The minimum absolute atomic E-state index is 0.00345. The molecule has 1 atom stereocenters. The summed E-state index contributed by atoms with van der Waals surface area (Å²) < 4.78 is 26.9. The SMILES string of the molecule is CCCSc1nc2n(n1)C(c1ccc(OCc3c(F)cccc3Cl)cc1)C(C(=O)OCC)=C(C)N2. The zero-order chi connectivity index (χ0) is 24.9. The van der Waals surface area contributed by atoms with Gasteiger partial charge in [-0.2, -0.15) is 4.98 Å². The summed E-state index contributed by atoms with van der Waals surface area (Å²) in [5, 5.41) is 8.81. The number of fused-ring (bicyclic) bond motifs is 1. The van der Waals surface area contributed by atoms with Gasteiger partial charge in [0.05, 0.1) is 17.2 Å². The zero-order valence-corrected chi connectivity index (χ0v) is 21.3. The number of hydrogen-bond acceptors (Lipinski definition) is 7. The molecule has 2 aromatic carbocycles. The standard InChI is InChI=1S/C25H26ClFN4O3S/c1-4-13-35-25-29-24-28-15(3)21(23(32)33-5-2)22(31(24)30-25)16-9-11-17(12-10-16)34-14-18-19(26)7-6-8-20(18)27/h6-12,22H,4-5,13-14H2,1-3H3,(H,28,29,30). The first-order valence-electron chi connectivity index (χ1n) is 11.3. The van der Waals surface area contributed by atoms with Crippen molar-refractivity contribution < 1.29 is 18.7 Å². The maximum atomic E-state index is 14.1. The molecule has 0 spiro atoms. The zero-order valence-electron chi connectivity index (χ0n) is 19.7. The number of anilines is 1. The number of carbonyl (C=O) groups excluding carboxylic acids is 1. The van der Waals surface area contributed by atoms with Gasteiger partial charge in [-0.25, -0.2) is 13.9 Å². The number of allylic oxidation sites excluding steroid dienone is 1. The fraction of sp³-hybridized carbons (Fsp3) is 0.320. The van der Waals surface area contributed by atoms with Crippen LogP contribution in [0, 0.1) is 5.82 Å². The minimum atomic E-state index is -0.524. The molecule has 1 N–H and O–H groups in total. The number of nitrogens with one attached hydrogen (secondary N) is 1. The number of ether oxygens (including phenoxy) is 2. The first kappa shape index (κ1) is 25.1. The van der Waals surface area contributed by atoms with Crippen LogP contribution in [-0.2, 0) is 16.1 Å². The summed E-state index contributed by atoms with van der Waals surface area (Å²) in [6.45, 7) is 5.95. The maximum absolute atomic E-state index is 14.1. The molecular formula is C25H26ClFN4O3S. The second-order valence-electron chi connectivity index (χ2n) is 7.86. The molecule has 1 aliphatic heterocycles. The van der Waals surface area contributed by atoms with Gasteiger partial charge in [-0.15, -0.1) is 5.10 Å². The van der Waals surface area contributed by atoms with Crippen LogP contribution in [0.5, 0.6) is 5.75 Å². The van der Waals surface area contributed by atoms with Crippen molar-refractivity contribution in [2.45, 2.75) is 45.0 Å². The van der Waals surface area contributed by atoms with Gasteiger partial charge in [-0.3, -0.25) is 0 Å². The number of aromatic nitrogens is 3. The normalized spacial score (nSPS) is 14.9. The van der Waals surface area contributed by atoms with Crippen LogP contribution in [0.1, 0.15) is 44.4 Å². The quantitative estimate of drug-likeness (QED) is 0.276. The Morgan fingerprint density at radius 2 is 2.00 bits per heavy atom. The number of carbonyl (C=O) groups is 1. The summed E-state index contributed by atoms with van der Waals surface area (Å²) in [6, 6.07) is 11.2. The molecule has 0 bridgehead atoms. The molecule has 0 radical (unpaired) electrons. The topological polar surface area (TPSA) is 78.3 Å². The monoisotopic (exact) mass is 516 g/mol. The van der Waals surface area contributed by atoms with E-state index in [9.17, 15) is 9.18 Å². The molecule has 7 nitrogen and oxygen atoms in total. The van der Waals surface area contributed by atoms with E-state index in [-0.39, 0.29) is 13.2 Å². The van der Waals surface area contributed by atoms with Gasteiger partial charge in [0.15, 0.2) is 0 Å². The Bertz CT molecular complexity index is 1230. The Balaban J connectivity index is 1.63. The third kappa shape index (κ3) is 5.46. The van der Waals surface area contributed by atoms with Crippen molar-refractivity contribution in [3.8, 4) is 5.75 Å². The Labute approximate surface area is 212 Å². The van der Waals surface area contributed by atoms with Crippen molar-refractivity contribution in [1.29, 1.82) is 0 Å². The third-order valence-electron chi connectivity index (χ3n) is 5.40. The van der Waals surface area contributed by atoms with Crippen LogP contribution in [0.15, 0.2) is 58.9 Å². The third-order valence-corrected chi connectivity index (χ3v) is 6.80. The average molecular weight is 517 g/mol. The molecule has 0 fully saturated rings. The van der Waals surface area contributed by atoms with Gasteiger partial charge in [0.25, 0.3) is 0 Å². The highest BCUT2D eigenvalue weighted by Gasteiger charge is 2.35. The van der Waals surface area contributed by atoms with Crippen molar-refractivity contribution in [2.75, 3.05) is 17.7 Å². The van der Waals surface area contributed by atoms with E-state index in [1.807, 2.05) is 19.1 Å². The van der Waals surface area contributed by atoms with E-state index in [4.69, 9.17) is 21.1 Å². The second kappa shape index (κ2) is 11.1. The average Bonchev–Trinajstić information content (AvgIpc) is 3.24. The van der Waals surface area contributed by atoms with E-state index in [2.05, 4.69) is 22.3 Å². The molecular weight excluding hydrogens is 491 g/mol. The number of rotatable bonds is 9. The lowest BCUT2D eigenvalue weighted by atomic mass is 9.96. The van der Waals surface area contributed by atoms with Crippen LogP contribution in [0.25, 0.3) is 0 Å². The van der Waals surface area contributed by atoms with Gasteiger partial charge >= 0.3 is 5.97 Å². The Hall–Kier alpha value is -3.04. The summed E-state index contributed by atoms with van der Waals surface area (Å²) in [7, 11) is 0. The summed E-state index contributed by atoms with van der Waals surface area (Å²) in [6.07, 6.45) is 0.996. The van der Waals surface area contributed by atoms with E-state index in [1.54, 1.807) is 47.6 Å². The predicted molar refractivity (Wildman–Crippen MR) is 134 cm³/mol. The maximum Gasteiger partial charge on any atom is 0.338 e. The van der Waals surface area contributed by atoms with E-state index >= 15 is 0 Å². The van der Waals surface area contributed by atoms with Crippen molar-refractivity contribution in [3.63, 3.8) is 0 Å². The van der Waals surface area contributed by atoms with Crippen LogP contribution < -0.4 is 10.1 Å². The summed E-state index contributed by atoms with van der Waals surface area (Å²) in [5.74, 6) is 1.16. The molecule has 1 aliphatic rings. The number of hydrogen-bond donors (Lipinski definition) is 1. The van der Waals surface area contributed by atoms with Crippen molar-refractivity contribution in [2.24, 2.45) is 0 Å². The van der Waals surface area contributed by atoms with Gasteiger partial charge in [0, 0.05) is 17.0 Å². The summed E-state index contributed by atoms with van der Waals surface area (Å²) >= 11 is 7.66. The molecule has 3 aromatic rings. The second-order valence-corrected chi connectivity index (χ2v) is 9.32. The van der Waals surface area contributed by atoms with Crippen LogP contribution >= 0.6 is 23.4 Å². The largest absolute Gasteiger partial charge is 0.489 e. The molecule has 0 saturated carbocycles. The Morgan fingerprint density at radius 1 is 1.23 bits per heavy atom. The summed E-state index contributed by atoms with van der Waals surface area (Å²) in [5.41, 5.74) is 2.23. The molecule has 1 aromatic heterocycles. The first-order chi connectivity index (χ1) is 16.9. The number of nitrogens with zero attached hydrogens (tertiary/aromatic N) is 3. The highest BCUT2D eigenvalue weighted by molar-refractivity contribution is 7.99. The van der Waals surface area contributed by atoms with Gasteiger partial charge in [-0.1, -0.05) is 48.5 Å². The molecule has 184 valence electrons. The lowest BCUT2D eigenvalue weighted by Gasteiger charge is -2.28. The lowest BCUT2D eigenvalue weighted by Crippen LogP contribution is -2.29. The van der Waals surface area contributed by atoms with Crippen molar-refractivity contribution in [3.05, 3.63) is 75.7 Å². The van der Waals surface area contributed by atoms with E-state index in [1.165, 1.54) is 6.07 Å². The van der Waals surface area contributed by atoms with Crippen molar-refractivity contribution >= 4 is 35.3 Å². The minimum Gasteiger partial charge on any atom is -0.489 e. The van der Waals surface area contributed by atoms with E-state index in [0.717, 1.165) is 17.7 Å². The van der Waals surface area contributed by atoms with Crippen LogP contribution in [0.4, 0.5) is 10.3 Å². The highest BCUT2D eigenvalue weighted by Crippen LogP contribution is 2.37. The van der Waals surface area contributed by atoms with Gasteiger partial charge < -0.3 is 14.8 Å². The number of halogens is 2. The number of benzene rings is 2. The van der Waals surface area contributed by atoms with Gasteiger partial charge in [0.1, 0.15) is 24.2 Å². The summed E-state index contributed by atoms with van der Waals surface area (Å²) in [4.78, 5) is 17.5. The van der Waals surface area contributed by atoms with Gasteiger partial charge in [0.2, 0.25) is 11.1 Å². The Kier molecular flexibility index (Phi) is 7.97. The molecule has 0 saturated heterocycles. The number of thioether (sulfide) groups is 1. The number of esters is 1. The Morgan fingerprint density at radius 3 is 2.69 bits per heavy atom. The van der Waals surface area contributed by atoms with Gasteiger partial charge in [-0.05, 0) is 50.1 Å². The highest BCUT2D eigenvalue weighted by atomic mass is 35.5. The molecule has 35 heavy (non-hydrogen) atoms. The fourth-order valence-electron chi connectivity index (χ4n) is 3.74. The molecule has 0 aliphatic carbocycles. The molecule has 1 unspecified atom stereocenters. The lowest BCUT2D eigenvalue weighted by molar-refractivity contribution is -0.139.